The van der Waals surface area contributed by atoms with Crippen LogP contribution in [0.2, 0.25) is 0 Å². The van der Waals surface area contributed by atoms with Gasteiger partial charge in [0.2, 0.25) is 5.95 Å². The van der Waals surface area contributed by atoms with Crippen molar-refractivity contribution in [3.05, 3.63) is 87.1 Å². The van der Waals surface area contributed by atoms with Gasteiger partial charge in [-0.25, -0.2) is 14.8 Å². The average molecular weight is 580 g/mol. The van der Waals surface area contributed by atoms with Gasteiger partial charge in [0.05, 0.1) is 31.3 Å². The first-order valence-corrected chi connectivity index (χ1v) is 12.5. The zero-order valence-corrected chi connectivity index (χ0v) is 21.6. The number of phenolic OH excluding ortho intramolecular Hbond substituents is 1. The van der Waals surface area contributed by atoms with Crippen LogP contribution in [0.25, 0.3) is 11.1 Å². The maximum absolute atomic E-state index is 14.2. The standard InChI is InChI=1S/C26H23BrFN7O3/c27-21-13-19(14-30-34-26-29-15-22(28)24(33-26)35-8-10-38-11-9-35)32-25(37)23(21)31-18-6-4-16(5-7-18)17-2-1-3-20(36)12-17/h1-7,12-15,31,36H,8-11H2,(H,32,37)(H,29,33,34)/b30-14+. The van der Waals surface area contributed by atoms with Crippen molar-refractivity contribution in [2.45, 2.75) is 0 Å². The lowest BCUT2D eigenvalue weighted by molar-refractivity contribution is 0.122. The topological polar surface area (TPSA) is 128 Å². The number of halogens is 2. The van der Waals surface area contributed by atoms with E-state index in [1.54, 1.807) is 29.2 Å². The molecule has 3 heterocycles. The Morgan fingerprint density at radius 1 is 1.13 bits per heavy atom. The predicted molar refractivity (Wildman–Crippen MR) is 148 cm³/mol. The van der Waals surface area contributed by atoms with Crippen LogP contribution in [0.5, 0.6) is 5.75 Å². The number of nitrogens with zero attached hydrogens (tertiary/aromatic N) is 4. The number of aromatic nitrogens is 3. The molecule has 10 nitrogen and oxygen atoms in total. The van der Waals surface area contributed by atoms with Crippen molar-refractivity contribution < 1.29 is 14.2 Å². The van der Waals surface area contributed by atoms with E-state index >= 15 is 0 Å². The van der Waals surface area contributed by atoms with E-state index in [1.807, 2.05) is 30.3 Å². The lowest BCUT2D eigenvalue weighted by Gasteiger charge is -2.27. The number of morpholine rings is 1. The number of nitrogens with one attached hydrogen (secondary N) is 3. The summed E-state index contributed by atoms with van der Waals surface area (Å²) < 4.78 is 20.0. The summed E-state index contributed by atoms with van der Waals surface area (Å²) in [5.41, 5.74) is 5.60. The normalized spacial score (nSPS) is 13.6. The fourth-order valence-corrected chi connectivity index (χ4v) is 4.40. The molecular weight excluding hydrogens is 557 g/mol. The maximum atomic E-state index is 14.2. The molecule has 5 rings (SSSR count). The zero-order valence-electron chi connectivity index (χ0n) is 20.0. The molecule has 38 heavy (non-hydrogen) atoms. The minimum Gasteiger partial charge on any atom is -0.508 e. The monoisotopic (exact) mass is 579 g/mol. The number of pyridine rings is 1. The number of anilines is 4. The number of rotatable bonds is 7. The summed E-state index contributed by atoms with van der Waals surface area (Å²) in [5, 5.41) is 16.9. The largest absolute Gasteiger partial charge is 0.508 e. The van der Waals surface area contributed by atoms with Crippen LogP contribution in [0.1, 0.15) is 5.69 Å². The van der Waals surface area contributed by atoms with E-state index in [-0.39, 0.29) is 23.1 Å². The van der Waals surface area contributed by atoms with E-state index in [4.69, 9.17) is 4.74 Å². The Balaban J connectivity index is 1.26. The van der Waals surface area contributed by atoms with E-state index < -0.39 is 5.82 Å². The highest BCUT2D eigenvalue weighted by atomic mass is 79.9. The minimum absolute atomic E-state index is 0.123. The summed E-state index contributed by atoms with van der Waals surface area (Å²) >= 11 is 3.44. The molecule has 0 saturated carbocycles. The van der Waals surface area contributed by atoms with Crippen LogP contribution in [0.15, 0.2) is 75.2 Å². The second-order valence-corrected chi connectivity index (χ2v) is 9.22. The fraction of sp³-hybridized carbons (Fsp3) is 0.154. The lowest BCUT2D eigenvalue weighted by Crippen LogP contribution is -2.37. The zero-order chi connectivity index (χ0) is 26.5. The first-order valence-electron chi connectivity index (χ1n) is 11.7. The lowest BCUT2D eigenvalue weighted by atomic mass is 10.1. The molecule has 0 spiro atoms. The minimum atomic E-state index is -0.521. The van der Waals surface area contributed by atoms with Crippen molar-refractivity contribution in [2.24, 2.45) is 5.10 Å². The molecule has 0 aliphatic carbocycles. The molecule has 1 aliphatic rings. The Kier molecular flexibility index (Phi) is 7.61. The number of hydrogen-bond acceptors (Lipinski definition) is 9. The molecule has 1 saturated heterocycles. The summed E-state index contributed by atoms with van der Waals surface area (Å²) in [7, 11) is 0. The van der Waals surface area contributed by atoms with Crippen LogP contribution in [-0.4, -0.2) is 52.6 Å². The molecule has 4 aromatic rings. The van der Waals surface area contributed by atoms with Gasteiger partial charge in [0.1, 0.15) is 11.4 Å². The Morgan fingerprint density at radius 2 is 1.92 bits per heavy atom. The molecule has 2 aromatic carbocycles. The molecule has 0 amide bonds. The third-order valence-corrected chi connectivity index (χ3v) is 6.37. The van der Waals surface area contributed by atoms with Crippen LogP contribution in [0, 0.1) is 5.82 Å². The van der Waals surface area contributed by atoms with Crippen molar-refractivity contribution in [1.82, 2.24) is 15.0 Å². The van der Waals surface area contributed by atoms with Gasteiger partial charge in [0.25, 0.3) is 5.56 Å². The highest BCUT2D eigenvalue weighted by molar-refractivity contribution is 9.10. The van der Waals surface area contributed by atoms with Gasteiger partial charge in [-0.3, -0.25) is 4.79 Å². The number of aromatic amines is 1. The van der Waals surface area contributed by atoms with Crippen molar-refractivity contribution in [3.8, 4) is 16.9 Å². The summed E-state index contributed by atoms with van der Waals surface area (Å²) in [6.45, 7) is 2.08. The second-order valence-electron chi connectivity index (χ2n) is 8.36. The van der Waals surface area contributed by atoms with E-state index in [0.717, 1.165) is 17.3 Å². The third kappa shape index (κ3) is 5.98. The maximum Gasteiger partial charge on any atom is 0.273 e. The third-order valence-electron chi connectivity index (χ3n) is 5.74. The van der Waals surface area contributed by atoms with Crippen LogP contribution in [-0.2, 0) is 4.74 Å². The molecule has 2 aromatic heterocycles. The average Bonchev–Trinajstić information content (AvgIpc) is 2.92. The van der Waals surface area contributed by atoms with Gasteiger partial charge in [-0.1, -0.05) is 24.3 Å². The highest BCUT2D eigenvalue weighted by Gasteiger charge is 2.17. The van der Waals surface area contributed by atoms with Gasteiger partial charge in [-0.05, 0) is 57.4 Å². The molecule has 12 heteroatoms. The first kappa shape index (κ1) is 25.4. The van der Waals surface area contributed by atoms with Crippen LogP contribution in [0.3, 0.4) is 0 Å². The number of aromatic hydroxyl groups is 1. The van der Waals surface area contributed by atoms with E-state index in [0.29, 0.717) is 47.8 Å². The van der Waals surface area contributed by atoms with E-state index in [2.05, 4.69) is 46.7 Å². The first-order chi connectivity index (χ1) is 18.5. The van der Waals surface area contributed by atoms with Gasteiger partial charge >= 0.3 is 0 Å². The van der Waals surface area contributed by atoms with Gasteiger partial charge < -0.3 is 25.0 Å². The summed E-state index contributed by atoms with van der Waals surface area (Å²) in [5.74, 6) is -0.0192. The fourth-order valence-electron chi connectivity index (χ4n) is 3.88. The SMILES string of the molecule is O=c1[nH]c(/C=N/Nc2ncc(F)c(N3CCOCC3)n2)cc(Br)c1Nc1ccc(-c2cccc(O)c2)cc1. The summed E-state index contributed by atoms with van der Waals surface area (Å²) in [6.07, 6.45) is 2.49. The summed E-state index contributed by atoms with van der Waals surface area (Å²) in [4.78, 5) is 25.4. The van der Waals surface area contributed by atoms with Crippen molar-refractivity contribution in [2.75, 3.05) is 41.9 Å². The van der Waals surface area contributed by atoms with Gasteiger partial charge in [-0.2, -0.15) is 10.1 Å². The van der Waals surface area contributed by atoms with E-state index in [1.165, 1.54) is 6.21 Å². The molecule has 1 fully saturated rings. The van der Waals surface area contributed by atoms with Crippen LogP contribution in [0.4, 0.5) is 27.5 Å². The highest BCUT2D eigenvalue weighted by Crippen LogP contribution is 2.27. The predicted octanol–water partition coefficient (Wildman–Crippen LogP) is 4.47. The Bertz CT molecular complexity index is 1520. The molecule has 0 unspecified atom stereocenters. The number of ether oxygens (including phenoxy) is 1. The number of hydrazone groups is 1. The van der Waals surface area contributed by atoms with Crippen molar-refractivity contribution >= 4 is 45.3 Å². The number of H-pyrrole nitrogens is 1. The Morgan fingerprint density at radius 3 is 2.66 bits per heavy atom. The number of hydrogen-bond donors (Lipinski definition) is 4. The number of phenols is 1. The van der Waals surface area contributed by atoms with E-state index in [9.17, 15) is 14.3 Å². The van der Waals surface area contributed by atoms with Crippen molar-refractivity contribution in [3.63, 3.8) is 0 Å². The smallest absolute Gasteiger partial charge is 0.273 e. The van der Waals surface area contributed by atoms with Gasteiger partial charge in [0.15, 0.2) is 11.6 Å². The molecular formula is C26H23BrFN7O3. The van der Waals surface area contributed by atoms with Gasteiger partial charge in [0, 0.05) is 23.2 Å². The molecule has 0 radical (unpaired) electrons. The molecule has 1 aliphatic heterocycles. The van der Waals surface area contributed by atoms with Crippen molar-refractivity contribution in [1.29, 1.82) is 0 Å². The Hall–Kier alpha value is -4.29. The molecule has 4 N–H and O–H groups in total. The van der Waals surface area contributed by atoms with Crippen LogP contribution < -0.4 is 21.2 Å². The quantitative estimate of drug-likeness (QED) is 0.186. The van der Waals surface area contributed by atoms with Gasteiger partial charge in [-0.15, -0.1) is 0 Å². The molecule has 0 bridgehead atoms. The number of benzene rings is 2. The van der Waals surface area contributed by atoms with Crippen LogP contribution >= 0.6 is 15.9 Å². The second kappa shape index (κ2) is 11.4. The molecule has 194 valence electrons. The Labute approximate surface area is 225 Å². The molecule has 0 atom stereocenters. The summed E-state index contributed by atoms with van der Waals surface area (Å²) in [6, 6.07) is 16.2.